The van der Waals surface area contributed by atoms with E-state index in [1.54, 1.807) is 32.0 Å². The van der Waals surface area contributed by atoms with Crippen LogP contribution in [-0.2, 0) is 4.79 Å². The average Bonchev–Trinajstić information content (AvgIpc) is 2.64. The molecule has 0 radical (unpaired) electrons. The molecular formula is C20H19F2N3O3. The summed E-state index contributed by atoms with van der Waals surface area (Å²) >= 11 is 0. The van der Waals surface area contributed by atoms with Crippen LogP contribution in [0, 0.1) is 28.9 Å². The fraction of sp³-hybridized carbons (Fsp3) is 0.250. The molecule has 0 aliphatic heterocycles. The van der Waals surface area contributed by atoms with Crippen LogP contribution >= 0.6 is 0 Å². The molecule has 0 bridgehead atoms. The summed E-state index contributed by atoms with van der Waals surface area (Å²) in [6.45, 7) is 3.24. The Morgan fingerprint density at radius 2 is 1.79 bits per heavy atom. The van der Waals surface area contributed by atoms with E-state index in [1.807, 2.05) is 6.07 Å². The summed E-state index contributed by atoms with van der Waals surface area (Å²) in [5.74, 6) is -3.56. The third-order valence-electron chi connectivity index (χ3n) is 3.83. The van der Waals surface area contributed by atoms with Crippen molar-refractivity contribution in [2.24, 2.45) is 5.92 Å². The predicted molar refractivity (Wildman–Crippen MR) is 98.6 cm³/mol. The van der Waals surface area contributed by atoms with Gasteiger partial charge in [0.2, 0.25) is 5.91 Å². The summed E-state index contributed by atoms with van der Waals surface area (Å²) in [6.07, 6.45) is 0. The SMILES string of the molecule is CC(C)C(NC(=O)c1c(F)cccc1F)C(=O)Nc1cccc(OCC#N)c1. The second-order valence-electron chi connectivity index (χ2n) is 6.26. The zero-order valence-corrected chi connectivity index (χ0v) is 15.3. The Hall–Kier alpha value is -3.47. The van der Waals surface area contributed by atoms with E-state index in [9.17, 15) is 18.4 Å². The highest BCUT2D eigenvalue weighted by molar-refractivity contribution is 6.01. The Labute approximate surface area is 161 Å². The lowest BCUT2D eigenvalue weighted by atomic mass is 10.0. The largest absolute Gasteiger partial charge is 0.479 e. The molecule has 2 amide bonds. The first kappa shape index (κ1) is 20.8. The van der Waals surface area contributed by atoms with E-state index < -0.39 is 35.1 Å². The zero-order valence-electron chi connectivity index (χ0n) is 15.3. The highest BCUT2D eigenvalue weighted by atomic mass is 19.1. The summed E-state index contributed by atoms with van der Waals surface area (Å²) < 4.78 is 32.8. The number of carbonyl (C=O) groups is 2. The molecule has 1 unspecified atom stereocenters. The second-order valence-corrected chi connectivity index (χ2v) is 6.26. The van der Waals surface area contributed by atoms with Gasteiger partial charge in [-0.25, -0.2) is 8.78 Å². The zero-order chi connectivity index (χ0) is 20.7. The number of hydrogen-bond donors (Lipinski definition) is 2. The van der Waals surface area contributed by atoms with Crippen molar-refractivity contribution in [3.8, 4) is 11.8 Å². The number of halogens is 2. The van der Waals surface area contributed by atoms with Crippen LogP contribution in [0.1, 0.15) is 24.2 Å². The van der Waals surface area contributed by atoms with Gasteiger partial charge in [-0.1, -0.05) is 26.0 Å². The quantitative estimate of drug-likeness (QED) is 0.763. The van der Waals surface area contributed by atoms with Crippen molar-refractivity contribution in [2.75, 3.05) is 11.9 Å². The van der Waals surface area contributed by atoms with E-state index >= 15 is 0 Å². The number of carbonyl (C=O) groups excluding carboxylic acids is 2. The Bertz CT molecular complexity index is 890. The number of nitriles is 1. The van der Waals surface area contributed by atoms with Crippen LogP contribution in [0.25, 0.3) is 0 Å². The van der Waals surface area contributed by atoms with E-state index in [2.05, 4.69) is 10.6 Å². The van der Waals surface area contributed by atoms with Gasteiger partial charge < -0.3 is 15.4 Å². The lowest BCUT2D eigenvalue weighted by Gasteiger charge is -2.22. The van der Waals surface area contributed by atoms with Gasteiger partial charge in [-0.15, -0.1) is 0 Å². The fourth-order valence-electron chi connectivity index (χ4n) is 2.46. The maximum Gasteiger partial charge on any atom is 0.257 e. The second kappa shape index (κ2) is 9.46. The molecule has 2 aromatic rings. The van der Waals surface area contributed by atoms with Gasteiger partial charge in [-0.2, -0.15) is 5.26 Å². The summed E-state index contributed by atoms with van der Waals surface area (Å²) in [4.78, 5) is 24.9. The van der Waals surface area contributed by atoms with Gasteiger partial charge in [0.15, 0.2) is 6.61 Å². The lowest BCUT2D eigenvalue weighted by Crippen LogP contribution is -2.47. The molecule has 146 valence electrons. The topological polar surface area (TPSA) is 91.2 Å². The number of ether oxygens (including phenoxy) is 1. The van der Waals surface area contributed by atoms with Crippen molar-refractivity contribution in [1.29, 1.82) is 5.26 Å². The smallest absolute Gasteiger partial charge is 0.257 e. The minimum Gasteiger partial charge on any atom is -0.479 e. The van der Waals surface area contributed by atoms with Crippen LogP contribution in [0.5, 0.6) is 5.75 Å². The molecule has 0 heterocycles. The predicted octanol–water partition coefficient (Wildman–Crippen LogP) is 3.26. The summed E-state index contributed by atoms with van der Waals surface area (Å²) in [5.41, 5.74) is -0.356. The molecule has 2 N–H and O–H groups in total. The van der Waals surface area contributed by atoms with Gasteiger partial charge in [-0.05, 0) is 30.2 Å². The summed E-state index contributed by atoms with van der Waals surface area (Å²) in [7, 11) is 0. The van der Waals surface area contributed by atoms with Gasteiger partial charge in [0.05, 0.1) is 0 Å². The molecule has 0 saturated carbocycles. The van der Waals surface area contributed by atoms with Gasteiger partial charge >= 0.3 is 0 Å². The third kappa shape index (κ3) is 5.27. The molecule has 0 aliphatic carbocycles. The van der Waals surface area contributed by atoms with Gasteiger partial charge in [0, 0.05) is 11.8 Å². The first-order chi connectivity index (χ1) is 13.3. The lowest BCUT2D eigenvalue weighted by molar-refractivity contribution is -0.118. The number of hydrogen-bond acceptors (Lipinski definition) is 4. The van der Waals surface area contributed by atoms with Gasteiger partial charge in [0.25, 0.3) is 5.91 Å². The van der Waals surface area contributed by atoms with Crippen molar-refractivity contribution in [1.82, 2.24) is 5.32 Å². The van der Waals surface area contributed by atoms with Crippen LogP contribution in [0.4, 0.5) is 14.5 Å². The molecule has 1 atom stereocenters. The molecule has 2 rings (SSSR count). The Morgan fingerprint density at radius 1 is 1.14 bits per heavy atom. The Balaban J connectivity index is 2.14. The maximum absolute atomic E-state index is 13.8. The van der Waals surface area contributed by atoms with E-state index in [1.165, 1.54) is 6.07 Å². The van der Waals surface area contributed by atoms with E-state index in [4.69, 9.17) is 10.00 Å². The fourth-order valence-corrected chi connectivity index (χ4v) is 2.46. The third-order valence-corrected chi connectivity index (χ3v) is 3.83. The van der Waals surface area contributed by atoms with E-state index in [0.29, 0.717) is 11.4 Å². The normalized spacial score (nSPS) is 11.4. The minimum absolute atomic E-state index is 0.143. The van der Waals surface area contributed by atoms with Crippen LogP contribution in [0.3, 0.4) is 0 Å². The molecular weight excluding hydrogens is 368 g/mol. The highest BCUT2D eigenvalue weighted by Crippen LogP contribution is 2.19. The van der Waals surface area contributed by atoms with Crippen LogP contribution in [0.15, 0.2) is 42.5 Å². The van der Waals surface area contributed by atoms with E-state index in [0.717, 1.165) is 18.2 Å². The van der Waals surface area contributed by atoms with Crippen molar-refractivity contribution in [3.63, 3.8) is 0 Å². The first-order valence-electron chi connectivity index (χ1n) is 8.49. The molecule has 0 spiro atoms. The average molecular weight is 387 g/mol. The number of amides is 2. The van der Waals surface area contributed by atoms with Crippen LogP contribution in [-0.4, -0.2) is 24.5 Å². The van der Waals surface area contributed by atoms with Gasteiger partial charge in [0.1, 0.15) is 35.1 Å². The highest BCUT2D eigenvalue weighted by Gasteiger charge is 2.27. The standard InChI is InChI=1S/C20H19F2N3O3/c1-12(2)18(25-19(26)17-15(21)7-4-8-16(17)22)20(27)24-13-5-3-6-14(11-13)28-10-9-23/h3-8,11-12,18H,10H2,1-2H3,(H,24,27)(H,25,26). The van der Waals surface area contributed by atoms with Crippen LogP contribution < -0.4 is 15.4 Å². The number of benzene rings is 2. The summed E-state index contributed by atoms with van der Waals surface area (Å²) in [6, 6.07) is 10.3. The number of nitrogens with zero attached hydrogens (tertiary/aromatic N) is 1. The number of anilines is 1. The molecule has 6 nitrogen and oxygen atoms in total. The van der Waals surface area contributed by atoms with Gasteiger partial charge in [-0.3, -0.25) is 9.59 Å². The molecule has 2 aromatic carbocycles. The van der Waals surface area contributed by atoms with E-state index in [-0.39, 0.29) is 12.5 Å². The molecule has 0 fully saturated rings. The van der Waals surface area contributed by atoms with Crippen molar-refractivity contribution in [3.05, 3.63) is 59.7 Å². The monoisotopic (exact) mass is 387 g/mol. The summed E-state index contributed by atoms with van der Waals surface area (Å²) in [5, 5.41) is 13.6. The Kier molecular flexibility index (Phi) is 7.04. The first-order valence-corrected chi connectivity index (χ1v) is 8.49. The van der Waals surface area contributed by atoms with Crippen molar-refractivity contribution < 1.29 is 23.1 Å². The maximum atomic E-state index is 13.8. The van der Waals surface area contributed by atoms with Crippen LogP contribution in [0.2, 0.25) is 0 Å². The number of nitrogens with one attached hydrogen (secondary N) is 2. The minimum atomic E-state index is -1.03. The number of rotatable bonds is 7. The molecule has 8 heteroatoms. The van der Waals surface area contributed by atoms with Crippen molar-refractivity contribution >= 4 is 17.5 Å². The molecule has 0 saturated heterocycles. The molecule has 28 heavy (non-hydrogen) atoms. The van der Waals surface area contributed by atoms with Crippen molar-refractivity contribution in [2.45, 2.75) is 19.9 Å². The molecule has 0 aromatic heterocycles. The Morgan fingerprint density at radius 3 is 2.39 bits per heavy atom. The molecule has 0 aliphatic rings.